The first-order chi connectivity index (χ1) is 12.0. The van der Waals surface area contributed by atoms with Crippen molar-refractivity contribution in [3.63, 3.8) is 0 Å². The smallest absolute Gasteiger partial charge is 0.387 e. The topological polar surface area (TPSA) is 71.5 Å². The van der Waals surface area contributed by atoms with E-state index in [0.29, 0.717) is 22.4 Å². The number of ether oxygens (including phenoxy) is 1. The van der Waals surface area contributed by atoms with Gasteiger partial charge in [0.05, 0.1) is 11.1 Å². The molecule has 1 saturated carbocycles. The maximum atomic E-state index is 12.4. The van der Waals surface area contributed by atoms with Crippen molar-refractivity contribution in [2.45, 2.75) is 38.3 Å². The molecule has 1 aliphatic rings. The minimum absolute atomic E-state index is 0.0350. The predicted molar refractivity (Wildman–Crippen MR) is 88.7 cm³/mol. The largest absolute Gasteiger partial charge is 0.435 e. The second kappa shape index (κ2) is 7.74. The van der Waals surface area contributed by atoms with Crippen molar-refractivity contribution < 1.29 is 23.4 Å². The molecule has 1 heterocycles. The van der Waals surface area contributed by atoms with Crippen LogP contribution in [0.15, 0.2) is 30.5 Å². The molecular formula is C18H20F2N2O3. The lowest BCUT2D eigenvalue weighted by atomic mass is 9.86. The molecule has 1 aromatic heterocycles. The van der Waals surface area contributed by atoms with Crippen molar-refractivity contribution in [3.05, 3.63) is 36.0 Å². The average Bonchev–Trinajstić information content (AvgIpc) is 2.61. The minimum atomic E-state index is -2.89. The third-order valence-corrected chi connectivity index (χ3v) is 4.58. The number of alkyl halides is 2. The third-order valence-electron chi connectivity index (χ3n) is 4.58. The molecule has 25 heavy (non-hydrogen) atoms. The molecule has 0 bridgehead atoms. The summed E-state index contributed by atoms with van der Waals surface area (Å²) in [5, 5.41) is 12.8. The number of fused-ring (bicyclic) bond motifs is 1. The molecule has 0 saturated heterocycles. The van der Waals surface area contributed by atoms with Crippen molar-refractivity contribution in [2.75, 3.05) is 6.61 Å². The van der Waals surface area contributed by atoms with Crippen LogP contribution in [0.3, 0.4) is 0 Å². The van der Waals surface area contributed by atoms with E-state index in [4.69, 9.17) is 5.11 Å². The van der Waals surface area contributed by atoms with Gasteiger partial charge in [-0.05, 0) is 49.8 Å². The summed E-state index contributed by atoms with van der Waals surface area (Å²) in [5.74, 6) is 0.169. The first-order valence-corrected chi connectivity index (χ1v) is 8.31. The van der Waals surface area contributed by atoms with Gasteiger partial charge in [-0.3, -0.25) is 9.78 Å². The Morgan fingerprint density at radius 2 is 2.04 bits per heavy atom. The van der Waals surface area contributed by atoms with Crippen LogP contribution in [0, 0.1) is 5.92 Å². The number of hydrogen-bond donors (Lipinski definition) is 2. The second-order valence-corrected chi connectivity index (χ2v) is 6.33. The molecule has 1 fully saturated rings. The van der Waals surface area contributed by atoms with Crippen molar-refractivity contribution in [2.24, 2.45) is 5.92 Å². The monoisotopic (exact) mass is 350 g/mol. The van der Waals surface area contributed by atoms with Crippen LogP contribution in [-0.2, 0) is 0 Å². The van der Waals surface area contributed by atoms with Gasteiger partial charge in [0.2, 0.25) is 0 Å². The number of rotatable bonds is 5. The number of aromatic nitrogens is 1. The predicted octanol–water partition coefficient (Wildman–Crippen LogP) is 3.12. The number of aliphatic hydroxyl groups is 1. The zero-order valence-electron chi connectivity index (χ0n) is 13.6. The number of nitrogens with zero attached hydrogens (tertiary/aromatic N) is 1. The fourth-order valence-corrected chi connectivity index (χ4v) is 3.16. The van der Waals surface area contributed by atoms with E-state index in [1.165, 1.54) is 18.3 Å². The van der Waals surface area contributed by atoms with Crippen molar-refractivity contribution in [1.82, 2.24) is 10.3 Å². The lowest BCUT2D eigenvalue weighted by Crippen LogP contribution is -2.38. The van der Waals surface area contributed by atoms with E-state index in [0.717, 1.165) is 25.7 Å². The molecule has 0 aliphatic heterocycles. The normalized spacial score (nSPS) is 20.6. The molecule has 0 spiro atoms. The van der Waals surface area contributed by atoms with E-state index in [1.807, 2.05) is 0 Å². The Labute approximate surface area is 144 Å². The molecule has 1 aliphatic carbocycles. The summed E-state index contributed by atoms with van der Waals surface area (Å²) in [4.78, 5) is 16.6. The van der Waals surface area contributed by atoms with Gasteiger partial charge in [0, 0.05) is 30.3 Å². The maximum absolute atomic E-state index is 12.4. The molecule has 0 unspecified atom stereocenters. The van der Waals surface area contributed by atoms with Crippen LogP contribution in [0.4, 0.5) is 8.78 Å². The fourth-order valence-electron chi connectivity index (χ4n) is 3.16. The van der Waals surface area contributed by atoms with Crippen LogP contribution in [0.2, 0.25) is 0 Å². The van der Waals surface area contributed by atoms with E-state index in [1.54, 1.807) is 12.1 Å². The van der Waals surface area contributed by atoms with E-state index in [9.17, 15) is 13.6 Å². The van der Waals surface area contributed by atoms with Crippen LogP contribution < -0.4 is 10.1 Å². The van der Waals surface area contributed by atoms with E-state index in [-0.39, 0.29) is 24.3 Å². The summed E-state index contributed by atoms with van der Waals surface area (Å²) in [6, 6.07) is 6.23. The van der Waals surface area contributed by atoms with Gasteiger partial charge in [0.1, 0.15) is 5.75 Å². The summed E-state index contributed by atoms with van der Waals surface area (Å²) in [6.45, 7) is -2.68. The summed E-state index contributed by atoms with van der Waals surface area (Å²) < 4.78 is 28.8. The van der Waals surface area contributed by atoms with Gasteiger partial charge in [0.15, 0.2) is 0 Å². The highest BCUT2D eigenvalue weighted by Crippen LogP contribution is 2.25. The molecular weight excluding hydrogens is 330 g/mol. The Kier molecular flexibility index (Phi) is 5.43. The minimum Gasteiger partial charge on any atom is -0.435 e. The SMILES string of the molecule is O=C(N[C@H]1CC[C@H](CO)CC1)c1cnc2cc(OC(F)F)ccc2c1. The molecule has 0 atom stereocenters. The van der Waals surface area contributed by atoms with E-state index >= 15 is 0 Å². The highest BCUT2D eigenvalue weighted by Gasteiger charge is 2.22. The quantitative estimate of drug-likeness (QED) is 0.869. The van der Waals surface area contributed by atoms with Crippen LogP contribution >= 0.6 is 0 Å². The molecule has 3 rings (SSSR count). The van der Waals surface area contributed by atoms with Crippen LogP contribution in [-0.4, -0.2) is 35.3 Å². The van der Waals surface area contributed by atoms with Crippen molar-refractivity contribution in [1.29, 1.82) is 0 Å². The Bertz CT molecular complexity index is 746. The second-order valence-electron chi connectivity index (χ2n) is 6.33. The van der Waals surface area contributed by atoms with Gasteiger partial charge in [0.25, 0.3) is 5.91 Å². The number of hydrogen-bond acceptors (Lipinski definition) is 4. The number of benzene rings is 1. The Balaban J connectivity index is 1.67. The zero-order chi connectivity index (χ0) is 17.8. The fraction of sp³-hybridized carbons (Fsp3) is 0.444. The molecule has 2 aromatic rings. The molecule has 5 nitrogen and oxygen atoms in total. The average molecular weight is 350 g/mol. The third kappa shape index (κ3) is 4.42. The number of pyridine rings is 1. The van der Waals surface area contributed by atoms with Crippen LogP contribution in [0.25, 0.3) is 10.9 Å². The summed E-state index contributed by atoms with van der Waals surface area (Å²) in [7, 11) is 0. The molecule has 7 heteroatoms. The first-order valence-electron chi connectivity index (χ1n) is 8.31. The van der Waals surface area contributed by atoms with E-state index in [2.05, 4.69) is 15.0 Å². The Hall–Kier alpha value is -2.28. The first kappa shape index (κ1) is 17.5. The summed E-state index contributed by atoms with van der Waals surface area (Å²) in [5.41, 5.74) is 0.914. The Morgan fingerprint density at radius 1 is 1.28 bits per heavy atom. The number of halogens is 2. The number of nitrogens with one attached hydrogen (secondary N) is 1. The van der Waals surface area contributed by atoms with Gasteiger partial charge < -0.3 is 15.2 Å². The van der Waals surface area contributed by atoms with Crippen LogP contribution in [0.1, 0.15) is 36.0 Å². The van der Waals surface area contributed by atoms with E-state index < -0.39 is 6.61 Å². The van der Waals surface area contributed by atoms with Gasteiger partial charge >= 0.3 is 6.61 Å². The van der Waals surface area contributed by atoms with Crippen LogP contribution in [0.5, 0.6) is 5.75 Å². The number of aliphatic hydroxyl groups excluding tert-OH is 1. The summed E-state index contributed by atoms with van der Waals surface area (Å²) in [6.07, 6.45) is 4.95. The number of carbonyl (C=O) groups is 1. The van der Waals surface area contributed by atoms with Crippen molar-refractivity contribution in [3.8, 4) is 5.75 Å². The highest BCUT2D eigenvalue weighted by molar-refractivity contribution is 5.97. The lowest BCUT2D eigenvalue weighted by Gasteiger charge is -2.27. The summed E-state index contributed by atoms with van der Waals surface area (Å²) >= 11 is 0. The lowest BCUT2D eigenvalue weighted by molar-refractivity contribution is -0.0497. The Morgan fingerprint density at radius 3 is 2.72 bits per heavy atom. The number of carbonyl (C=O) groups excluding carboxylic acids is 1. The zero-order valence-corrected chi connectivity index (χ0v) is 13.6. The number of amides is 1. The molecule has 1 amide bonds. The van der Waals surface area contributed by atoms with Gasteiger partial charge in [-0.1, -0.05) is 0 Å². The molecule has 0 radical (unpaired) electrons. The highest BCUT2D eigenvalue weighted by atomic mass is 19.3. The van der Waals surface area contributed by atoms with Crippen molar-refractivity contribution >= 4 is 16.8 Å². The van der Waals surface area contributed by atoms with Gasteiger partial charge in [-0.2, -0.15) is 8.78 Å². The molecule has 2 N–H and O–H groups in total. The van der Waals surface area contributed by atoms with Gasteiger partial charge in [-0.15, -0.1) is 0 Å². The maximum Gasteiger partial charge on any atom is 0.387 e. The van der Waals surface area contributed by atoms with Gasteiger partial charge in [-0.25, -0.2) is 0 Å². The molecule has 134 valence electrons. The molecule has 1 aromatic carbocycles. The standard InChI is InChI=1S/C18H20F2N2O3/c19-18(20)25-15-6-3-12-7-13(9-21-16(12)8-15)17(24)22-14-4-1-11(10-23)2-5-14/h3,6-9,11,14,18,23H,1-2,4-5,10H2,(H,22,24)/t11-,14-.